The number of hydrogen-bond acceptors (Lipinski definition) is 6. The molecule has 0 saturated heterocycles. The molecule has 0 unspecified atom stereocenters. The Hall–Kier alpha value is -3.40. The zero-order chi connectivity index (χ0) is 19.1. The summed E-state index contributed by atoms with van der Waals surface area (Å²) in [6, 6.07) is 11.8. The Morgan fingerprint density at radius 1 is 1.15 bits per heavy atom. The van der Waals surface area contributed by atoms with E-state index in [4.69, 9.17) is 14.4 Å². The van der Waals surface area contributed by atoms with Crippen LogP contribution in [0.4, 0.5) is 0 Å². The first-order valence-corrected chi connectivity index (χ1v) is 7.91. The molecule has 0 aliphatic heterocycles. The average molecular weight is 354 g/mol. The Morgan fingerprint density at radius 3 is 2.46 bits per heavy atom. The molecule has 2 rings (SSSR count). The molecule has 7 nitrogen and oxygen atoms in total. The predicted molar refractivity (Wildman–Crippen MR) is 92.3 cm³/mol. The lowest BCUT2D eigenvalue weighted by Crippen LogP contribution is -2.31. The monoisotopic (exact) mass is 354 g/mol. The number of rotatable bonds is 7. The van der Waals surface area contributed by atoms with Crippen LogP contribution in [0.15, 0.2) is 40.8 Å². The maximum Gasteiger partial charge on any atom is 0.374 e. The molecule has 1 aromatic carbocycles. The second kappa shape index (κ2) is 8.62. The first-order valence-electron chi connectivity index (χ1n) is 7.91. The number of nitrogens with zero attached hydrogens (tertiary/aromatic N) is 2. The minimum atomic E-state index is -0.751. The van der Waals surface area contributed by atoms with Crippen molar-refractivity contribution < 1.29 is 23.5 Å². The summed E-state index contributed by atoms with van der Waals surface area (Å²) in [4.78, 5) is 36.4. The number of ketones is 1. The number of amides is 1. The number of nitriles is 1. The molecule has 0 saturated carbocycles. The summed E-state index contributed by atoms with van der Waals surface area (Å²) in [6.07, 6.45) is 0.208. The van der Waals surface area contributed by atoms with E-state index < -0.39 is 18.5 Å². The van der Waals surface area contributed by atoms with E-state index in [-0.39, 0.29) is 24.5 Å². The quantitative estimate of drug-likeness (QED) is 0.560. The van der Waals surface area contributed by atoms with Crippen molar-refractivity contribution in [3.8, 4) is 17.4 Å². The fourth-order valence-electron chi connectivity index (χ4n) is 2.12. The molecule has 0 atom stereocenters. The van der Waals surface area contributed by atoms with Crippen molar-refractivity contribution in [2.45, 2.75) is 13.3 Å². The highest BCUT2D eigenvalue weighted by Crippen LogP contribution is 2.23. The topological polar surface area (TPSA) is 101 Å². The molecule has 1 aromatic heterocycles. The summed E-state index contributed by atoms with van der Waals surface area (Å²) < 4.78 is 10.4. The van der Waals surface area contributed by atoms with Crippen LogP contribution in [0.25, 0.3) is 11.3 Å². The summed E-state index contributed by atoms with van der Waals surface area (Å²) in [7, 11) is 1.53. The predicted octanol–water partition coefficient (Wildman–Crippen LogP) is 2.68. The third-order valence-corrected chi connectivity index (χ3v) is 3.69. The standard InChI is InChI=1S/C19H18N2O5/c1-13(22)14-4-6-15(7-5-14)16-8-9-17(26-16)19(24)25-12-18(23)21(2)11-3-10-20/h4-9H,3,11-12H2,1-2H3. The lowest BCUT2D eigenvalue weighted by Gasteiger charge is -2.14. The average Bonchev–Trinajstić information content (AvgIpc) is 3.14. The zero-order valence-corrected chi connectivity index (χ0v) is 14.5. The highest BCUT2D eigenvalue weighted by molar-refractivity contribution is 5.94. The van der Waals surface area contributed by atoms with Crippen molar-refractivity contribution in [2.24, 2.45) is 0 Å². The van der Waals surface area contributed by atoms with E-state index in [1.807, 2.05) is 6.07 Å². The molecular formula is C19H18N2O5. The van der Waals surface area contributed by atoms with Gasteiger partial charge in [-0.1, -0.05) is 24.3 Å². The number of furan rings is 1. The Kier molecular flexibility index (Phi) is 6.28. The molecule has 134 valence electrons. The fraction of sp³-hybridized carbons (Fsp3) is 0.263. The van der Waals surface area contributed by atoms with Gasteiger partial charge in [-0.05, 0) is 19.1 Å². The minimum absolute atomic E-state index is 0.0249. The lowest BCUT2D eigenvalue weighted by molar-refractivity contribution is -0.133. The van der Waals surface area contributed by atoms with Crippen molar-refractivity contribution in [1.82, 2.24) is 4.90 Å². The highest BCUT2D eigenvalue weighted by Gasteiger charge is 2.17. The fourth-order valence-corrected chi connectivity index (χ4v) is 2.12. The molecule has 0 aliphatic carbocycles. The van der Waals surface area contributed by atoms with Crippen LogP contribution in [0.1, 0.15) is 34.3 Å². The van der Waals surface area contributed by atoms with E-state index in [0.29, 0.717) is 16.9 Å². The summed E-state index contributed by atoms with van der Waals surface area (Å²) >= 11 is 0. The van der Waals surface area contributed by atoms with Gasteiger partial charge in [0.05, 0.1) is 12.5 Å². The molecule has 0 spiro atoms. The van der Waals surface area contributed by atoms with Gasteiger partial charge in [-0.3, -0.25) is 9.59 Å². The van der Waals surface area contributed by atoms with E-state index in [1.54, 1.807) is 30.3 Å². The van der Waals surface area contributed by atoms with Crippen molar-refractivity contribution in [1.29, 1.82) is 5.26 Å². The zero-order valence-electron chi connectivity index (χ0n) is 14.5. The number of esters is 1. The minimum Gasteiger partial charge on any atom is -0.450 e. The Balaban J connectivity index is 1.96. The second-order valence-corrected chi connectivity index (χ2v) is 5.60. The van der Waals surface area contributed by atoms with Gasteiger partial charge in [0.15, 0.2) is 12.4 Å². The van der Waals surface area contributed by atoms with Crippen molar-refractivity contribution in [3.05, 3.63) is 47.7 Å². The maximum absolute atomic E-state index is 12.0. The number of benzene rings is 1. The van der Waals surface area contributed by atoms with E-state index in [2.05, 4.69) is 0 Å². The van der Waals surface area contributed by atoms with Gasteiger partial charge >= 0.3 is 5.97 Å². The van der Waals surface area contributed by atoms with E-state index in [1.165, 1.54) is 24.9 Å². The number of carbonyl (C=O) groups is 3. The lowest BCUT2D eigenvalue weighted by atomic mass is 10.1. The number of Topliss-reactive ketones (excluding diaryl/α,β-unsaturated/α-hetero) is 1. The second-order valence-electron chi connectivity index (χ2n) is 5.60. The maximum atomic E-state index is 12.0. The van der Waals surface area contributed by atoms with Crippen LogP contribution >= 0.6 is 0 Å². The molecule has 7 heteroatoms. The molecule has 0 radical (unpaired) electrons. The van der Waals surface area contributed by atoms with Crippen LogP contribution in [0, 0.1) is 11.3 Å². The molecular weight excluding hydrogens is 336 g/mol. The van der Waals surface area contributed by atoms with Gasteiger partial charge in [-0.2, -0.15) is 5.26 Å². The van der Waals surface area contributed by atoms with Gasteiger partial charge < -0.3 is 14.1 Å². The van der Waals surface area contributed by atoms with Crippen LogP contribution < -0.4 is 0 Å². The van der Waals surface area contributed by atoms with Crippen molar-refractivity contribution in [2.75, 3.05) is 20.2 Å². The third kappa shape index (κ3) is 4.80. The largest absolute Gasteiger partial charge is 0.450 e. The molecule has 0 aliphatic rings. The summed E-state index contributed by atoms with van der Waals surface area (Å²) in [5.74, 6) is -0.767. The van der Waals surface area contributed by atoms with E-state index >= 15 is 0 Å². The van der Waals surface area contributed by atoms with Gasteiger partial charge in [-0.15, -0.1) is 0 Å². The summed E-state index contributed by atoms with van der Waals surface area (Å²) in [5, 5.41) is 8.50. The smallest absolute Gasteiger partial charge is 0.374 e. The van der Waals surface area contributed by atoms with E-state index in [9.17, 15) is 14.4 Å². The Morgan fingerprint density at radius 2 is 1.85 bits per heavy atom. The SMILES string of the molecule is CC(=O)c1ccc(-c2ccc(C(=O)OCC(=O)N(C)CCC#N)o2)cc1. The first kappa shape index (κ1) is 18.9. The van der Waals surface area contributed by atoms with Crippen molar-refractivity contribution in [3.63, 3.8) is 0 Å². The molecule has 26 heavy (non-hydrogen) atoms. The van der Waals surface area contributed by atoms with Gasteiger partial charge in [0.25, 0.3) is 5.91 Å². The van der Waals surface area contributed by atoms with Gasteiger partial charge in [-0.25, -0.2) is 4.79 Å². The molecule has 0 fully saturated rings. The molecule has 1 amide bonds. The van der Waals surface area contributed by atoms with Crippen LogP contribution in [0.3, 0.4) is 0 Å². The molecule has 0 bridgehead atoms. The number of hydrogen-bond donors (Lipinski definition) is 0. The van der Waals surface area contributed by atoms with Gasteiger partial charge in [0, 0.05) is 24.7 Å². The molecule has 2 aromatic rings. The van der Waals surface area contributed by atoms with Gasteiger partial charge in [0.2, 0.25) is 5.76 Å². The Bertz CT molecular complexity index is 846. The van der Waals surface area contributed by atoms with Crippen LogP contribution in [-0.2, 0) is 9.53 Å². The highest BCUT2D eigenvalue weighted by atomic mass is 16.5. The third-order valence-electron chi connectivity index (χ3n) is 3.69. The molecule has 1 heterocycles. The van der Waals surface area contributed by atoms with Crippen LogP contribution in [0.5, 0.6) is 0 Å². The van der Waals surface area contributed by atoms with Crippen LogP contribution in [0.2, 0.25) is 0 Å². The van der Waals surface area contributed by atoms with E-state index in [0.717, 1.165) is 0 Å². The number of ether oxygens (including phenoxy) is 1. The number of carbonyl (C=O) groups excluding carboxylic acids is 3. The van der Waals surface area contributed by atoms with Gasteiger partial charge in [0.1, 0.15) is 5.76 Å². The first-order chi connectivity index (χ1) is 12.4. The number of likely N-dealkylation sites (N-methyl/N-ethyl adjacent to an activating group) is 1. The molecule has 0 N–H and O–H groups in total. The normalized spacial score (nSPS) is 10.0. The summed E-state index contributed by atoms with van der Waals surface area (Å²) in [5.41, 5.74) is 1.29. The Labute approximate surface area is 150 Å². The van der Waals surface area contributed by atoms with Crippen molar-refractivity contribution >= 4 is 17.7 Å². The van der Waals surface area contributed by atoms with Crippen LogP contribution in [-0.4, -0.2) is 42.8 Å². The summed E-state index contributed by atoms with van der Waals surface area (Å²) in [6.45, 7) is 1.33.